The third-order valence-electron chi connectivity index (χ3n) is 10.2. The van der Waals surface area contributed by atoms with Crippen LogP contribution in [0.4, 0.5) is 17.6 Å². The molecule has 2 saturated heterocycles. The van der Waals surface area contributed by atoms with Crippen LogP contribution >= 0.6 is 0 Å². The van der Waals surface area contributed by atoms with Crippen molar-refractivity contribution in [2.75, 3.05) is 32.8 Å². The van der Waals surface area contributed by atoms with Crippen LogP contribution < -0.4 is 10.4 Å². The number of carbonyl (C=O) groups excluding carboxylic acids is 2. The van der Waals surface area contributed by atoms with Crippen LogP contribution in [0.15, 0.2) is 42.5 Å². The van der Waals surface area contributed by atoms with E-state index >= 15 is 4.39 Å². The molecule has 4 atom stereocenters. The largest absolute Gasteiger partial charge is 0.542 e. The van der Waals surface area contributed by atoms with Crippen LogP contribution in [0, 0.1) is 24.6 Å². The van der Waals surface area contributed by atoms with E-state index in [0.717, 1.165) is 36.1 Å². The molecule has 1 saturated carbocycles. The van der Waals surface area contributed by atoms with Crippen LogP contribution in [0.2, 0.25) is 0 Å². The molecule has 3 aliphatic heterocycles. The third kappa shape index (κ3) is 6.81. The first-order valence-electron chi connectivity index (χ1n) is 15.8. The molecular formula is C34H42F4N2O4. The Bertz CT molecular complexity index is 1310. The van der Waals surface area contributed by atoms with Crippen molar-refractivity contribution in [3.8, 4) is 0 Å². The number of alkyl halides is 3. The van der Waals surface area contributed by atoms with Crippen LogP contribution in [-0.4, -0.2) is 61.8 Å². The van der Waals surface area contributed by atoms with Gasteiger partial charge in [-0.3, -0.25) is 4.79 Å². The quantitative estimate of drug-likeness (QED) is 0.531. The van der Waals surface area contributed by atoms with E-state index in [2.05, 4.69) is 46.6 Å². The first-order chi connectivity index (χ1) is 21.0. The number of piperidine rings is 1. The lowest BCUT2D eigenvalue weighted by Gasteiger charge is -2.46. The number of nitrogens with zero attached hydrogens (tertiary/aromatic N) is 1. The summed E-state index contributed by atoms with van der Waals surface area (Å²) in [6.07, 6.45) is 3.86. The molecule has 6 nitrogen and oxygen atoms in total. The van der Waals surface area contributed by atoms with Gasteiger partial charge in [-0.1, -0.05) is 55.7 Å². The second kappa shape index (κ2) is 13.6. The zero-order valence-electron chi connectivity index (χ0n) is 25.2. The van der Waals surface area contributed by atoms with Crippen LogP contribution in [0.5, 0.6) is 0 Å². The highest BCUT2D eigenvalue weighted by Crippen LogP contribution is 2.44. The zero-order chi connectivity index (χ0) is 31.5. The minimum absolute atomic E-state index is 0.153. The predicted octanol–water partition coefficient (Wildman–Crippen LogP) is 3.79. The summed E-state index contributed by atoms with van der Waals surface area (Å²) in [5, 5.41) is 11.0. The number of amides is 1. The molecule has 2 aromatic rings. The summed E-state index contributed by atoms with van der Waals surface area (Å²) >= 11 is 0. The van der Waals surface area contributed by atoms with E-state index < -0.39 is 17.6 Å². The molecule has 3 fully saturated rings. The molecule has 0 bridgehead atoms. The van der Waals surface area contributed by atoms with Gasteiger partial charge in [0.15, 0.2) is 0 Å². The lowest BCUT2D eigenvalue weighted by Crippen LogP contribution is -2.82. The maximum absolute atomic E-state index is 15.7. The van der Waals surface area contributed by atoms with E-state index in [-0.39, 0.29) is 23.7 Å². The summed E-state index contributed by atoms with van der Waals surface area (Å²) in [6.45, 7) is 5.20. The van der Waals surface area contributed by atoms with E-state index in [1.165, 1.54) is 37.7 Å². The number of aryl methyl sites for hydroxylation is 1. The Balaban J connectivity index is 0.000000493. The molecule has 10 heteroatoms. The van der Waals surface area contributed by atoms with Gasteiger partial charge in [-0.25, -0.2) is 4.39 Å². The Morgan fingerprint density at radius 3 is 2.45 bits per heavy atom. The highest BCUT2D eigenvalue weighted by molar-refractivity contribution is 5.82. The number of carboxylic acids is 1. The summed E-state index contributed by atoms with van der Waals surface area (Å²) in [5.74, 6) is -2.09. The Morgan fingerprint density at radius 2 is 1.77 bits per heavy atom. The molecule has 44 heavy (non-hydrogen) atoms. The van der Waals surface area contributed by atoms with Crippen LogP contribution in [0.3, 0.4) is 0 Å². The van der Waals surface area contributed by atoms with Gasteiger partial charge in [0.1, 0.15) is 17.7 Å². The Hall–Kier alpha value is -2.98. The minimum Gasteiger partial charge on any atom is -0.542 e. The minimum atomic E-state index is -5.19. The first-order valence-corrected chi connectivity index (χ1v) is 15.8. The number of hydrogen-bond acceptors (Lipinski definition) is 4. The van der Waals surface area contributed by atoms with Crippen molar-refractivity contribution in [2.45, 2.75) is 81.8 Å². The van der Waals surface area contributed by atoms with Gasteiger partial charge in [0, 0.05) is 18.2 Å². The first kappa shape index (κ1) is 32.4. The maximum Gasteiger partial charge on any atom is 0.430 e. The van der Waals surface area contributed by atoms with Crippen molar-refractivity contribution in [3.63, 3.8) is 0 Å². The summed E-state index contributed by atoms with van der Waals surface area (Å²) in [5.41, 5.74) is 3.56. The van der Waals surface area contributed by atoms with Gasteiger partial charge in [0.25, 0.3) is 0 Å². The predicted molar refractivity (Wildman–Crippen MR) is 154 cm³/mol. The fourth-order valence-corrected chi connectivity index (χ4v) is 8.19. The molecule has 240 valence electrons. The highest BCUT2D eigenvalue weighted by atomic mass is 19.4. The number of carbonyl (C=O) groups is 2. The van der Waals surface area contributed by atoms with Crippen LogP contribution in [-0.2, 0) is 26.2 Å². The van der Waals surface area contributed by atoms with Crippen LogP contribution in [0.25, 0.3) is 0 Å². The van der Waals surface area contributed by atoms with Crippen molar-refractivity contribution >= 4 is 11.9 Å². The molecule has 3 heterocycles. The molecule has 4 aliphatic rings. The standard InChI is InChI=1S/C32H41FN2O2.C2HF3O2/c1-22-16-26-13-15-37-21-32(30(26)28(33)17-22)20-34-19-27(32)31(36)35-14-12-25(23-8-4-2-5-9-23)18-29(35)24-10-6-3-7-11-24;3-2(4,5)1(6)7/h2,4-5,8-9,16-17,24-25,27,29,34H,3,6-7,10-15,18-21H2,1H3;(H,6,7)/t25-,27?,29+,32+;/m1./s1. The monoisotopic (exact) mass is 618 g/mol. The van der Waals surface area contributed by atoms with E-state index in [0.29, 0.717) is 44.6 Å². The number of rotatable bonds is 3. The summed E-state index contributed by atoms with van der Waals surface area (Å²) in [7, 11) is 0. The Morgan fingerprint density at radius 1 is 1.07 bits per heavy atom. The molecule has 1 unspecified atom stereocenters. The number of likely N-dealkylation sites (tertiary alicyclic amines) is 1. The van der Waals surface area contributed by atoms with E-state index in [4.69, 9.17) is 14.6 Å². The van der Waals surface area contributed by atoms with Gasteiger partial charge in [-0.2, -0.15) is 13.2 Å². The molecule has 1 aliphatic carbocycles. The van der Waals surface area contributed by atoms with E-state index in [9.17, 15) is 18.0 Å². The number of aliphatic carboxylic acids is 1. The van der Waals surface area contributed by atoms with E-state index in [1.54, 1.807) is 6.07 Å². The smallest absolute Gasteiger partial charge is 0.430 e. The number of nitrogens with two attached hydrogens (primary N) is 1. The number of quaternary nitrogens is 1. The van der Waals surface area contributed by atoms with Gasteiger partial charge in [-0.15, -0.1) is 0 Å². The number of ether oxygens (including phenoxy) is 1. The summed E-state index contributed by atoms with van der Waals surface area (Å²) in [4.78, 5) is 25.6. The lowest BCUT2D eigenvalue weighted by molar-refractivity contribution is -0.640. The Labute approximate surface area is 256 Å². The fraction of sp³-hybridized carbons (Fsp3) is 0.588. The number of fused-ring (bicyclic) bond motifs is 2. The second-order valence-electron chi connectivity index (χ2n) is 12.9. The van der Waals surface area contributed by atoms with Crippen LogP contribution in [0.1, 0.15) is 73.1 Å². The van der Waals surface area contributed by atoms with Gasteiger partial charge >= 0.3 is 6.18 Å². The number of halogens is 4. The zero-order valence-corrected chi connectivity index (χ0v) is 25.2. The van der Waals surface area contributed by atoms with Gasteiger partial charge in [0.05, 0.1) is 31.7 Å². The topological polar surface area (TPSA) is 86.3 Å². The number of carboxylic acid groups (broad SMARTS) is 1. The van der Waals surface area contributed by atoms with Gasteiger partial charge < -0.3 is 24.9 Å². The highest BCUT2D eigenvalue weighted by Gasteiger charge is 2.56. The molecule has 2 N–H and O–H groups in total. The van der Waals surface area contributed by atoms with Crippen molar-refractivity contribution in [3.05, 3.63) is 70.5 Å². The fourth-order valence-electron chi connectivity index (χ4n) is 8.19. The molecule has 0 aromatic heterocycles. The molecule has 2 aromatic carbocycles. The number of hydrogen-bond donors (Lipinski definition) is 1. The molecule has 1 amide bonds. The van der Waals surface area contributed by atoms with Crippen molar-refractivity contribution in [2.24, 2.45) is 11.8 Å². The summed E-state index contributed by atoms with van der Waals surface area (Å²) < 4.78 is 53.4. The van der Waals surface area contributed by atoms with Crippen molar-refractivity contribution in [1.29, 1.82) is 0 Å². The Kier molecular flexibility index (Phi) is 9.99. The molecule has 1 spiro atoms. The lowest BCUT2D eigenvalue weighted by atomic mass is 9.69. The number of benzene rings is 2. The third-order valence-corrected chi connectivity index (χ3v) is 10.2. The van der Waals surface area contributed by atoms with Gasteiger partial charge in [0.2, 0.25) is 5.91 Å². The average Bonchev–Trinajstić information content (AvgIpc) is 3.33. The van der Waals surface area contributed by atoms with Crippen molar-refractivity contribution < 1.29 is 42.3 Å². The normalized spacial score (nSPS) is 27.7. The maximum atomic E-state index is 15.7. The molecular weight excluding hydrogens is 576 g/mol. The van der Waals surface area contributed by atoms with Crippen molar-refractivity contribution in [1.82, 2.24) is 4.90 Å². The average molecular weight is 619 g/mol. The SMILES string of the molecule is Cc1cc(F)c2c(c1)CCOC[C@]21C[NH2+]CC1C(=O)N1CC[C@@H](c2ccccc2)C[C@H]1C1CCCCC1.O=C([O-])C(F)(F)F. The summed E-state index contributed by atoms with van der Waals surface area (Å²) in [6, 6.07) is 14.9. The van der Waals surface area contributed by atoms with E-state index in [1.807, 2.05) is 6.92 Å². The molecule has 6 rings (SSSR count). The van der Waals surface area contributed by atoms with Gasteiger partial charge in [-0.05, 0) is 73.6 Å². The second-order valence-corrected chi connectivity index (χ2v) is 12.9. The molecule has 0 radical (unpaired) electrons.